The molecule has 0 aliphatic heterocycles. The van der Waals surface area contributed by atoms with Crippen LogP contribution in [0.15, 0.2) is 53.3 Å². The largest absolute Gasteiger partial charge is 0.282 e. The minimum atomic E-state index is -0.767. The third-order valence-corrected chi connectivity index (χ3v) is 6.90. The maximum atomic E-state index is 13.6. The van der Waals surface area contributed by atoms with Crippen molar-refractivity contribution < 1.29 is 9.59 Å². The third-order valence-electron chi connectivity index (χ3n) is 5.14. The van der Waals surface area contributed by atoms with Crippen molar-refractivity contribution in [2.24, 2.45) is 0 Å². The molecule has 2 aromatic carbocycles. The van der Waals surface area contributed by atoms with Crippen LogP contribution in [0.2, 0.25) is 10.0 Å². The van der Waals surface area contributed by atoms with Gasteiger partial charge in [0.15, 0.2) is 0 Å². The van der Waals surface area contributed by atoms with Crippen molar-refractivity contribution in [1.82, 2.24) is 9.66 Å². The quantitative estimate of drug-likeness (QED) is 0.368. The Balaban J connectivity index is 2.03. The first kappa shape index (κ1) is 22.2. The zero-order chi connectivity index (χ0) is 23.2. The van der Waals surface area contributed by atoms with Crippen molar-refractivity contribution in [3.8, 4) is 0 Å². The van der Waals surface area contributed by atoms with Gasteiger partial charge in [0.05, 0.1) is 26.6 Å². The Bertz CT molecular complexity index is 1400. The fourth-order valence-electron chi connectivity index (χ4n) is 3.39. The van der Waals surface area contributed by atoms with E-state index in [2.05, 4.69) is 4.98 Å². The summed E-state index contributed by atoms with van der Waals surface area (Å²) in [7, 11) is 0. The molecule has 0 saturated heterocycles. The van der Waals surface area contributed by atoms with E-state index >= 15 is 0 Å². The molecule has 0 fully saturated rings. The van der Waals surface area contributed by atoms with Crippen LogP contribution in [0.3, 0.4) is 0 Å². The third kappa shape index (κ3) is 3.62. The molecule has 0 aliphatic rings. The van der Waals surface area contributed by atoms with E-state index < -0.39 is 17.4 Å². The molecule has 32 heavy (non-hydrogen) atoms. The first-order valence-corrected chi connectivity index (χ1v) is 11.2. The van der Waals surface area contributed by atoms with Gasteiger partial charge in [-0.1, -0.05) is 47.5 Å². The number of aromatic nitrogens is 2. The molecule has 0 unspecified atom stereocenters. The summed E-state index contributed by atoms with van der Waals surface area (Å²) in [4.78, 5) is 46.8. The lowest BCUT2D eigenvalue weighted by molar-refractivity contribution is 0.0852. The molecular formula is C23H17Cl2N3O3S. The summed E-state index contributed by atoms with van der Waals surface area (Å²) in [5.74, 6) is -1.35. The first-order valence-electron chi connectivity index (χ1n) is 9.59. The summed E-state index contributed by atoms with van der Waals surface area (Å²) in [6.45, 7) is 5.27. The van der Waals surface area contributed by atoms with Crippen molar-refractivity contribution in [2.75, 3.05) is 5.01 Å². The summed E-state index contributed by atoms with van der Waals surface area (Å²) in [5.41, 5.74) is 0.375. The molecule has 2 heterocycles. The van der Waals surface area contributed by atoms with Crippen LogP contribution in [0.25, 0.3) is 10.2 Å². The lowest BCUT2D eigenvalue weighted by Gasteiger charge is -2.25. The number of hydrogen-bond acceptors (Lipinski definition) is 5. The summed E-state index contributed by atoms with van der Waals surface area (Å²) < 4.78 is 0.999. The van der Waals surface area contributed by atoms with Gasteiger partial charge in [-0.05, 0) is 50.6 Å². The Labute approximate surface area is 197 Å². The van der Waals surface area contributed by atoms with Crippen LogP contribution in [0.5, 0.6) is 0 Å². The molecule has 0 bridgehead atoms. The van der Waals surface area contributed by atoms with Crippen molar-refractivity contribution in [1.29, 1.82) is 0 Å². The van der Waals surface area contributed by atoms with Gasteiger partial charge in [0, 0.05) is 4.88 Å². The molecule has 0 radical (unpaired) electrons. The molecule has 0 saturated carbocycles. The lowest BCUT2D eigenvalue weighted by Crippen LogP contribution is -2.51. The van der Waals surface area contributed by atoms with Crippen molar-refractivity contribution >= 4 is 56.6 Å². The number of amides is 2. The number of carbonyl (C=O) groups is 2. The number of hydrogen-bond donors (Lipinski definition) is 0. The molecule has 2 aromatic heterocycles. The van der Waals surface area contributed by atoms with E-state index in [1.807, 2.05) is 13.8 Å². The van der Waals surface area contributed by atoms with Gasteiger partial charge in [-0.15, -0.1) is 11.3 Å². The van der Waals surface area contributed by atoms with E-state index in [9.17, 15) is 14.4 Å². The molecule has 0 aliphatic carbocycles. The van der Waals surface area contributed by atoms with Gasteiger partial charge in [0.25, 0.3) is 17.4 Å². The second kappa shape index (κ2) is 8.50. The maximum Gasteiger partial charge on any atom is 0.282 e. The summed E-state index contributed by atoms with van der Waals surface area (Å²) in [6, 6.07) is 12.6. The van der Waals surface area contributed by atoms with Crippen LogP contribution < -0.4 is 10.6 Å². The van der Waals surface area contributed by atoms with Gasteiger partial charge in [-0.2, -0.15) is 9.69 Å². The second-order valence-electron chi connectivity index (χ2n) is 7.12. The SMILES string of the molecule is Cc1sc2nc(C)n(N(C(=O)c3ccccc3Cl)C(=O)c3ccccc3Cl)c(=O)c2c1C. The van der Waals surface area contributed by atoms with E-state index in [-0.39, 0.29) is 27.0 Å². The predicted octanol–water partition coefficient (Wildman–Crippen LogP) is 5.31. The van der Waals surface area contributed by atoms with Crippen molar-refractivity contribution in [3.63, 3.8) is 0 Å². The molecule has 4 aromatic rings. The standard InChI is InChI=1S/C23H17Cl2N3O3S/c1-12-13(2)32-20-19(12)23(31)27(14(3)26-20)28(21(29)15-8-4-6-10-17(15)24)22(30)16-9-5-7-11-18(16)25/h4-11H,1-3H3. The smallest absolute Gasteiger partial charge is 0.267 e. The Hall–Kier alpha value is -3.00. The number of benzene rings is 2. The van der Waals surface area contributed by atoms with Crippen LogP contribution in [-0.4, -0.2) is 21.5 Å². The molecular weight excluding hydrogens is 469 g/mol. The number of carbonyl (C=O) groups excluding carboxylic acids is 2. The van der Waals surface area contributed by atoms with E-state index in [0.717, 1.165) is 20.1 Å². The van der Waals surface area contributed by atoms with Crippen molar-refractivity contribution in [3.05, 3.63) is 96.3 Å². The number of fused-ring (bicyclic) bond motifs is 1. The highest BCUT2D eigenvalue weighted by Crippen LogP contribution is 2.27. The van der Waals surface area contributed by atoms with Crippen LogP contribution in [0.4, 0.5) is 0 Å². The molecule has 162 valence electrons. The van der Waals surface area contributed by atoms with E-state index in [0.29, 0.717) is 10.2 Å². The average molecular weight is 486 g/mol. The predicted molar refractivity (Wildman–Crippen MR) is 128 cm³/mol. The minimum absolute atomic E-state index is 0.0687. The molecule has 2 amide bonds. The van der Waals surface area contributed by atoms with E-state index in [1.165, 1.54) is 35.6 Å². The molecule has 9 heteroatoms. The zero-order valence-electron chi connectivity index (χ0n) is 17.3. The normalized spacial score (nSPS) is 11.0. The molecule has 4 rings (SSSR count). The Morgan fingerprint density at radius 1 is 0.906 bits per heavy atom. The highest BCUT2D eigenvalue weighted by atomic mass is 35.5. The van der Waals surface area contributed by atoms with Crippen LogP contribution >= 0.6 is 34.5 Å². The van der Waals surface area contributed by atoms with Crippen LogP contribution in [0, 0.1) is 20.8 Å². The number of halogens is 2. The van der Waals surface area contributed by atoms with Gasteiger partial charge in [-0.3, -0.25) is 14.4 Å². The van der Waals surface area contributed by atoms with E-state index in [1.54, 1.807) is 31.2 Å². The summed E-state index contributed by atoms with van der Waals surface area (Å²) in [5, 5.41) is 1.43. The number of imide groups is 1. The van der Waals surface area contributed by atoms with Crippen LogP contribution in [0.1, 0.15) is 37.0 Å². The van der Waals surface area contributed by atoms with Gasteiger partial charge < -0.3 is 0 Å². The molecule has 0 atom stereocenters. The molecule has 0 spiro atoms. The van der Waals surface area contributed by atoms with Gasteiger partial charge in [0.1, 0.15) is 10.7 Å². The number of thiophene rings is 1. The van der Waals surface area contributed by atoms with Crippen molar-refractivity contribution in [2.45, 2.75) is 20.8 Å². The Morgan fingerprint density at radius 2 is 1.41 bits per heavy atom. The monoisotopic (exact) mass is 485 g/mol. The zero-order valence-corrected chi connectivity index (χ0v) is 19.7. The Morgan fingerprint density at radius 3 is 1.91 bits per heavy atom. The number of nitrogens with zero attached hydrogens (tertiary/aromatic N) is 3. The summed E-state index contributed by atoms with van der Waals surface area (Å²) in [6.07, 6.45) is 0. The average Bonchev–Trinajstić information content (AvgIpc) is 3.04. The highest BCUT2D eigenvalue weighted by molar-refractivity contribution is 7.18. The van der Waals surface area contributed by atoms with Gasteiger partial charge in [0.2, 0.25) is 0 Å². The Kier molecular flexibility index (Phi) is 5.90. The van der Waals surface area contributed by atoms with Crippen LogP contribution in [-0.2, 0) is 0 Å². The fourth-order valence-corrected chi connectivity index (χ4v) is 4.89. The number of aryl methyl sites for hydroxylation is 3. The maximum absolute atomic E-state index is 13.6. The minimum Gasteiger partial charge on any atom is -0.267 e. The highest BCUT2D eigenvalue weighted by Gasteiger charge is 2.32. The summed E-state index contributed by atoms with van der Waals surface area (Å²) >= 11 is 13.9. The van der Waals surface area contributed by atoms with E-state index in [4.69, 9.17) is 23.2 Å². The molecule has 6 nitrogen and oxygen atoms in total. The topological polar surface area (TPSA) is 72.3 Å². The van der Waals surface area contributed by atoms with Gasteiger partial charge in [-0.25, -0.2) is 4.98 Å². The number of rotatable bonds is 3. The first-order chi connectivity index (χ1) is 15.2. The fraction of sp³-hybridized carbons (Fsp3) is 0.130. The molecule has 0 N–H and O–H groups in total. The van der Waals surface area contributed by atoms with Gasteiger partial charge >= 0.3 is 0 Å². The second-order valence-corrected chi connectivity index (χ2v) is 9.14. The lowest BCUT2D eigenvalue weighted by atomic mass is 10.1.